The maximum absolute atomic E-state index is 11.2. The van der Waals surface area contributed by atoms with Crippen molar-refractivity contribution in [1.82, 2.24) is 9.97 Å². The summed E-state index contributed by atoms with van der Waals surface area (Å²) >= 11 is 4.81. The molecule has 1 heterocycles. The molecule has 6 nitrogen and oxygen atoms in total. The number of para-hydroxylation sites is 1. The molecule has 0 radical (unpaired) electrons. The highest BCUT2D eigenvalue weighted by molar-refractivity contribution is 7.80. The van der Waals surface area contributed by atoms with Gasteiger partial charge >= 0.3 is 6.01 Å². The molecule has 0 atom stereocenters. The van der Waals surface area contributed by atoms with Crippen LogP contribution in [0.3, 0.4) is 0 Å². The van der Waals surface area contributed by atoms with Gasteiger partial charge in [-0.15, -0.1) is 0 Å². The molecule has 2 aromatic rings. The number of amides is 1. The molecule has 96 valence electrons. The molecule has 1 aromatic carbocycles. The molecule has 0 fully saturated rings. The number of rotatable bonds is 4. The fraction of sp³-hybridized carbons (Fsp3) is 0. The summed E-state index contributed by atoms with van der Waals surface area (Å²) < 4.78 is 5.42. The average Bonchev–Trinajstić information content (AvgIpc) is 2.39. The molecule has 4 N–H and O–H groups in total. The van der Waals surface area contributed by atoms with Crippen molar-refractivity contribution in [2.24, 2.45) is 11.5 Å². The van der Waals surface area contributed by atoms with Gasteiger partial charge in [-0.25, -0.2) is 4.98 Å². The second-order valence-electron chi connectivity index (χ2n) is 3.55. The van der Waals surface area contributed by atoms with Crippen molar-refractivity contribution >= 4 is 23.1 Å². The molecular weight excluding hydrogens is 264 g/mol. The molecule has 2 rings (SSSR count). The Bertz CT molecular complexity index is 645. The number of primary amides is 1. The monoisotopic (exact) mass is 274 g/mol. The van der Waals surface area contributed by atoms with Crippen molar-refractivity contribution in [1.29, 1.82) is 0 Å². The summed E-state index contributed by atoms with van der Waals surface area (Å²) in [4.78, 5) is 19.3. The van der Waals surface area contributed by atoms with E-state index in [0.29, 0.717) is 5.69 Å². The number of nitrogens with zero attached hydrogens (tertiary/aromatic N) is 2. The Hall–Kier alpha value is -2.54. The molecule has 0 aliphatic heterocycles. The fourth-order valence-corrected chi connectivity index (χ4v) is 1.50. The van der Waals surface area contributed by atoms with E-state index in [9.17, 15) is 4.79 Å². The number of thiocarbonyl (C=S) groups is 1. The molecule has 1 aromatic heterocycles. The molecule has 0 bridgehead atoms. The van der Waals surface area contributed by atoms with Gasteiger partial charge in [-0.1, -0.05) is 24.4 Å². The van der Waals surface area contributed by atoms with Crippen LogP contribution < -0.4 is 16.2 Å². The Balaban J connectivity index is 2.34. The second kappa shape index (κ2) is 5.40. The number of nitrogens with two attached hydrogens (primary N) is 2. The van der Waals surface area contributed by atoms with Crippen LogP contribution in [-0.4, -0.2) is 20.9 Å². The largest absolute Gasteiger partial charge is 0.423 e. The van der Waals surface area contributed by atoms with E-state index in [2.05, 4.69) is 9.97 Å². The van der Waals surface area contributed by atoms with Gasteiger partial charge in [0.25, 0.3) is 5.91 Å². The zero-order chi connectivity index (χ0) is 13.8. The SMILES string of the molecule is NC(=O)c1ccccc1Oc1nccc(C(N)=S)n1. The second-order valence-corrected chi connectivity index (χ2v) is 3.99. The van der Waals surface area contributed by atoms with Gasteiger partial charge < -0.3 is 16.2 Å². The Kier molecular flexibility index (Phi) is 3.67. The van der Waals surface area contributed by atoms with Crippen LogP contribution in [0.25, 0.3) is 0 Å². The van der Waals surface area contributed by atoms with Crippen LogP contribution in [0.2, 0.25) is 0 Å². The highest BCUT2D eigenvalue weighted by atomic mass is 32.1. The van der Waals surface area contributed by atoms with Crippen LogP contribution in [0.15, 0.2) is 36.5 Å². The van der Waals surface area contributed by atoms with Gasteiger partial charge in [0.05, 0.1) is 5.56 Å². The molecule has 0 saturated carbocycles. The first-order valence-electron chi connectivity index (χ1n) is 5.27. The summed E-state index contributed by atoms with van der Waals surface area (Å²) in [6, 6.07) is 8.14. The number of benzene rings is 1. The van der Waals surface area contributed by atoms with E-state index >= 15 is 0 Å². The Morgan fingerprint density at radius 3 is 2.63 bits per heavy atom. The lowest BCUT2D eigenvalue weighted by Gasteiger charge is -2.07. The fourth-order valence-electron chi connectivity index (χ4n) is 1.38. The number of ether oxygens (including phenoxy) is 1. The smallest absolute Gasteiger partial charge is 0.322 e. The molecular formula is C12H10N4O2S. The summed E-state index contributed by atoms with van der Waals surface area (Å²) in [5.74, 6) is -0.323. The number of carbonyl (C=O) groups is 1. The van der Waals surface area contributed by atoms with Crippen molar-refractivity contribution in [2.75, 3.05) is 0 Å². The van der Waals surface area contributed by atoms with Gasteiger partial charge in [0.1, 0.15) is 16.4 Å². The third-order valence-electron chi connectivity index (χ3n) is 2.24. The Labute approximate surface area is 114 Å². The predicted molar refractivity (Wildman–Crippen MR) is 73.0 cm³/mol. The number of hydrogen-bond acceptors (Lipinski definition) is 5. The first kappa shape index (κ1) is 12.9. The zero-order valence-corrected chi connectivity index (χ0v) is 10.6. The highest BCUT2D eigenvalue weighted by Gasteiger charge is 2.11. The van der Waals surface area contributed by atoms with Crippen LogP contribution in [-0.2, 0) is 0 Å². The highest BCUT2D eigenvalue weighted by Crippen LogP contribution is 2.22. The predicted octanol–water partition coefficient (Wildman–Crippen LogP) is 1.00. The summed E-state index contributed by atoms with van der Waals surface area (Å²) in [6.45, 7) is 0. The molecule has 0 spiro atoms. The molecule has 7 heteroatoms. The third kappa shape index (κ3) is 3.02. The van der Waals surface area contributed by atoms with E-state index < -0.39 is 5.91 Å². The minimum absolute atomic E-state index is 0.0407. The van der Waals surface area contributed by atoms with Gasteiger partial charge in [-0.05, 0) is 18.2 Å². The number of carbonyl (C=O) groups excluding carboxylic acids is 1. The van der Waals surface area contributed by atoms with E-state index in [1.54, 1.807) is 30.3 Å². The van der Waals surface area contributed by atoms with E-state index in [0.717, 1.165) is 0 Å². The summed E-state index contributed by atoms with van der Waals surface area (Å²) in [5, 5.41) is 0. The zero-order valence-electron chi connectivity index (χ0n) is 9.74. The average molecular weight is 274 g/mol. The number of hydrogen-bond donors (Lipinski definition) is 2. The molecule has 0 saturated heterocycles. The molecule has 1 amide bonds. The first-order chi connectivity index (χ1) is 9.08. The minimum Gasteiger partial charge on any atom is -0.423 e. The normalized spacial score (nSPS) is 9.89. The quantitative estimate of drug-likeness (QED) is 0.806. The summed E-state index contributed by atoms with van der Waals surface area (Å²) in [7, 11) is 0. The van der Waals surface area contributed by atoms with Gasteiger partial charge in [-0.2, -0.15) is 4.98 Å². The standard InChI is InChI=1S/C12H10N4O2S/c13-10(17)7-3-1-2-4-9(7)18-12-15-6-5-8(16-12)11(14)19/h1-6H,(H2,13,17)(H2,14,19). The van der Waals surface area contributed by atoms with E-state index in [4.69, 9.17) is 28.4 Å². The maximum Gasteiger partial charge on any atom is 0.322 e. The molecule has 0 aliphatic rings. The van der Waals surface area contributed by atoms with Crippen molar-refractivity contribution in [3.05, 3.63) is 47.8 Å². The lowest BCUT2D eigenvalue weighted by molar-refractivity contribution is 0.0998. The van der Waals surface area contributed by atoms with Gasteiger partial charge in [-0.3, -0.25) is 4.79 Å². The van der Waals surface area contributed by atoms with E-state index in [-0.39, 0.29) is 22.3 Å². The topological polar surface area (TPSA) is 104 Å². The lowest BCUT2D eigenvalue weighted by atomic mass is 10.2. The van der Waals surface area contributed by atoms with E-state index in [1.165, 1.54) is 6.20 Å². The van der Waals surface area contributed by atoms with Crippen LogP contribution in [0, 0.1) is 0 Å². The van der Waals surface area contributed by atoms with Crippen molar-refractivity contribution < 1.29 is 9.53 Å². The van der Waals surface area contributed by atoms with Crippen LogP contribution in [0.4, 0.5) is 0 Å². The maximum atomic E-state index is 11.2. The van der Waals surface area contributed by atoms with Crippen molar-refractivity contribution in [3.63, 3.8) is 0 Å². The Morgan fingerprint density at radius 2 is 1.95 bits per heavy atom. The van der Waals surface area contributed by atoms with E-state index in [1.807, 2.05) is 0 Å². The molecule has 0 unspecified atom stereocenters. The summed E-state index contributed by atoms with van der Waals surface area (Å²) in [5.41, 5.74) is 11.3. The van der Waals surface area contributed by atoms with Gasteiger partial charge in [0.2, 0.25) is 0 Å². The minimum atomic E-state index is -0.596. The third-order valence-corrected chi connectivity index (χ3v) is 2.45. The van der Waals surface area contributed by atoms with Gasteiger partial charge in [0.15, 0.2) is 0 Å². The molecule has 0 aliphatic carbocycles. The molecule has 19 heavy (non-hydrogen) atoms. The van der Waals surface area contributed by atoms with Crippen molar-refractivity contribution in [2.45, 2.75) is 0 Å². The number of aromatic nitrogens is 2. The van der Waals surface area contributed by atoms with Crippen LogP contribution in [0.5, 0.6) is 11.8 Å². The van der Waals surface area contributed by atoms with Gasteiger partial charge in [0, 0.05) is 6.20 Å². The Morgan fingerprint density at radius 1 is 1.21 bits per heavy atom. The van der Waals surface area contributed by atoms with Crippen LogP contribution >= 0.6 is 12.2 Å². The van der Waals surface area contributed by atoms with Crippen molar-refractivity contribution in [3.8, 4) is 11.8 Å². The lowest BCUT2D eigenvalue weighted by Crippen LogP contribution is -2.13. The van der Waals surface area contributed by atoms with Crippen LogP contribution in [0.1, 0.15) is 16.1 Å². The first-order valence-corrected chi connectivity index (χ1v) is 5.68. The summed E-state index contributed by atoms with van der Waals surface area (Å²) in [6.07, 6.45) is 1.46.